The highest BCUT2D eigenvalue weighted by molar-refractivity contribution is 7.88. The van der Waals surface area contributed by atoms with Gasteiger partial charge in [-0.3, -0.25) is 4.90 Å². The first-order valence-corrected chi connectivity index (χ1v) is 7.51. The van der Waals surface area contributed by atoms with Crippen LogP contribution in [0.2, 0.25) is 0 Å². The molecule has 108 valence electrons. The van der Waals surface area contributed by atoms with Crippen molar-refractivity contribution in [3.8, 4) is 6.07 Å². The van der Waals surface area contributed by atoms with Crippen LogP contribution in [0, 0.1) is 11.3 Å². The number of carbonyl (C=O) groups is 1. The maximum Gasteiger partial charge on any atom is 0.421 e. The van der Waals surface area contributed by atoms with Gasteiger partial charge in [-0.1, -0.05) is 0 Å². The summed E-state index contributed by atoms with van der Waals surface area (Å²) in [4.78, 5) is 13.0. The fraction of sp³-hybridized carbons (Fsp3) is 0.800. The van der Waals surface area contributed by atoms with Gasteiger partial charge >= 0.3 is 16.3 Å². The van der Waals surface area contributed by atoms with Crippen LogP contribution < -0.4 is 9.44 Å². The van der Waals surface area contributed by atoms with Gasteiger partial charge < -0.3 is 4.74 Å². The molecule has 9 heteroatoms. The normalized spacial score (nSPS) is 17.7. The molecule has 19 heavy (non-hydrogen) atoms. The summed E-state index contributed by atoms with van der Waals surface area (Å²) in [5.74, 6) is 0. The first-order valence-electron chi connectivity index (χ1n) is 6.03. The minimum Gasteiger partial charge on any atom is -0.449 e. The monoisotopic (exact) mass is 290 g/mol. The van der Waals surface area contributed by atoms with Gasteiger partial charge in [-0.25, -0.2) is 9.52 Å². The molecule has 0 aromatic rings. The third-order valence-electron chi connectivity index (χ3n) is 2.70. The summed E-state index contributed by atoms with van der Waals surface area (Å²) >= 11 is 0. The summed E-state index contributed by atoms with van der Waals surface area (Å²) < 4.78 is 31.9. The molecule has 0 bridgehead atoms. The van der Waals surface area contributed by atoms with E-state index in [1.54, 1.807) is 11.6 Å². The predicted octanol–water partition coefficient (Wildman–Crippen LogP) is -0.445. The molecule has 1 amide bonds. The Morgan fingerprint density at radius 2 is 2.11 bits per heavy atom. The summed E-state index contributed by atoms with van der Waals surface area (Å²) in [5.41, 5.74) is 0. The zero-order chi connectivity index (χ0) is 14.3. The molecule has 1 rings (SSSR count). The van der Waals surface area contributed by atoms with E-state index in [0.717, 1.165) is 0 Å². The van der Waals surface area contributed by atoms with E-state index < -0.39 is 16.3 Å². The van der Waals surface area contributed by atoms with Crippen molar-refractivity contribution in [1.82, 2.24) is 14.3 Å². The Bertz CT molecular complexity index is 437. The van der Waals surface area contributed by atoms with Gasteiger partial charge in [0.1, 0.15) is 0 Å². The molecule has 1 aliphatic rings. The van der Waals surface area contributed by atoms with Crippen molar-refractivity contribution < 1.29 is 17.9 Å². The van der Waals surface area contributed by atoms with Crippen molar-refractivity contribution in [3.63, 3.8) is 0 Å². The molecule has 0 radical (unpaired) electrons. The smallest absolute Gasteiger partial charge is 0.421 e. The lowest BCUT2D eigenvalue weighted by atomic mass is 10.1. The van der Waals surface area contributed by atoms with E-state index in [2.05, 4.69) is 15.5 Å². The van der Waals surface area contributed by atoms with Gasteiger partial charge in [0.15, 0.2) is 0 Å². The molecule has 0 aromatic carbocycles. The molecule has 2 N–H and O–H groups in total. The number of hydrogen-bond donors (Lipinski definition) is 2. The van der Waals surface area contributed by atoms with Gasteiger partial charge in [0.25, 0.3) is 0 Å². The van der Waals surface area contributed by atoms with Crippen LogP contribution in [0.15, 0.2) is 0 Å². The molecule has 0 saturated carbocycles. The van der Waals surface area contributed by atoms with Crippen molar-refractivity contribution >= 4 is 16.3 Å². The number of amides is 1. The fourth-order valence-corrected chi connectivity index (χ4v) is 2.84. The minimum atomic E-state index is -3.89. The lowest BCUT2D eigenvalue weighted by Gasteiger charge is -2.30. The number of piperidine rings is 1. The second kappa shape index (κ2) is 7.28. The van der Waals surface area contributed by atoms with Crippen LogP contribution in [0.25, 0.3) is 0 Å². The Hall–Kier alpha value is -1.37. The van der Waals surface area contributed by atoms with Crippen molar-refractivity contribution in [1.29, 1.82) is 5.26 Å². The molecule has 0 unspecified atom stereocenters. The Balaban J connectivity index is 2.39. The van der Waals surface area contributed by atoms with Crippen molar-refractivity contribution in [3.05, 3.63) is 0 Å². The van der Waals surface area contributed by atoms with Crippen LogP contribution in [0.5, 0.6) is 0 Å². The molecular weight excluding hydrogens is 272 g/mol. The first-order chi connectivity index (χ1) is 8.96. The number of nitrogens with one attached hydrogen (secondary N) is 2. The second-order valence-corrected chi connectivity index (χ2v) is 5.60. The second-order valence-electron chi connectivity index (χ2n) is 4.15. The van der Waals surface area contributed by atoms with Crippen molar-refractivity contribution in [2.24, 2.45) is 0 Å². The third kappa shape index (κ3) is 5.87. The number of ether oxygens (including phenoxy) is 1. The number of hydrogen-bond acceptors (Lipinski definition) is 6. The lowest BCUT2D eigenvalue weighted by molar-refractivity contribution is 0.158. The standard InChI is InChI=1S/C10H18N4O4S/c1-2-18-10(15)13-19(16,17)12-9-3-6-14(7-4-9)8-5-11/h9,12H,2-4,6-8H2,1H3,(H,13,15). The van der Waals surface area contributed by atoms with Gasteiger partial charge in [0.2, 0.25) is 0 Å². The third-order valence-corrected chi connectivity index (χ3v) is 3.78. The van der Waals surface area contributed by atoms with Crippen LogP contribution in [0.3, 0.4) is 0 Å². The Morgan fingerprint density at radius 3 is 2.63 bits per heavy atom. The largest absolute Gasteiger partial charge is 0.449 e. The van der Waals surface area contributed by atoms with E-state index >= 15 is 0 Å². The van der Waals surface area contributed by atoms with Gasteiger partial charge in [-0.05, 0) is 19.8 Å². The number of rotatable bonds is 5. The maximum absolute atomic E-state index is 11.6. The molecule has 1 saturated heterocycles. The van der Waals surface area contributed by atoms with Crippen LogP contribution in [0.1, 0.15) is 19.8 Å². The van der Waals surface area contributed by atoms with Crippen LogP contribution in [-0.4, -0.2) is 51.7 Å². The summed E-state index contributed by atoms with van der Waals surface area (Å²) in [6, 6.07) is 1.82. The first kappa shape index (κ1) is 15.7. The van der Waals surface area contributed by atoms with Crippen LogP contribution in [0.4, 0.5) is 4.79 Å². The molecule has 0 atom stereocenters. The zero-order valence-electron chi connectivity index (χ0n) is 10.8. The average molecular weight is 290 g/mol. The van der Waals surface area contributed by atoms with Crippen LogP contribution in [-0.2, 0) is 14.9 Å². The van der Waals surface area contributed by atoms with Crippen LogP contribution >= 0.6 is 0 Å². The van der Waals surface area contributed by atoms with E-state index in [1.807, 2.05) is 4.90 Å². The van der Waals surface area contributed by atoms with Gasteiger partial charge in [-0.15, -0.1) is 0 Å². The molecule has 0 aromatic heterocycles. The summed E-state index contributed by atoms with van der Waals surface area (Å²) in [5, 5.41) is 8.56. The molecule has 0 aliphatic carbocycles. The fourth-order valence-electron chi connectivity index (χ4n) is 1.83. The highest BCUT2D eigenvalue weighted by Crippen LogP contribution is 2.10. The molecular formula is C10H18N4O4S. The SMILES string of the molecule is CCOC(=O)NS(=O)(=O)NC1CCN(CC#N)CC1. The van der Waals surface area contributed by atoms with E-state index in [1.165, 1.54) is 0 Å². The van der Waals surface area contributed by atoms with Gasteiger partial charge in [0.05, 0.1) is 19.2 Å². The zero-order valence-corrected chi connectivity index (χ0v) is 11.6. The summed E-state index contributed by atoms with van der Waals surface area (Å²) in [6.45, 7) is 3.35. The molecule has 0 spiro atoms. The Labute approximate surface area is 112 Å². The highest BCUT2D eigenvalue weighted by Gasteiger charge is 2.24. The molecule has 1 fully saturated rings. The van der Waals surface area contributed by atoms with E-state index in [-0.39, 0.29) is 12.6 Å². The van der Waals surface area contributed by atoms with E-state index in [4.69, 9.17) is 5.26 Å². The molecule has 8 nitrogen and oxygen atoms in total. The maximum atomic E-state index is 11.6. The number of nitriles is 1. The quantitative estimate of drug-likeness (QED) is 0.664. The number of carbonyl (C=O) groups excluding carboxylic acids is 1. The summed E-state index contributed by atoms with van der Waals surface area (Å²) in [7, 11) is -3.89. The Kier molecular flexibility index (Phi) is 6.01. The Morgan fingerprint density at radius 1 is 1.47 bits per heavy atom. The topological polar surface area (TPSA) is 112 Å². The van der Waals surface area contributed by atoms with Crippen molar-refractivity contribution in [2.45, 2.75) is 25.8 Å². The van der Waals surface area contributed by atoms with E-state index in [0.29, 0.717) is 32.5 Å². The van der Waals surface area contributed by atoms with Crippen molar-refractivity contribution in [2.75, 3.05) is 26.2 Å². The average Bonchev–Trinajstić information content (AvgIpc) is 2.31. The summed E-state index contributed by atoms with van der Waals surface area (Å²) in [6.07, 6.45) is 0.216. The van der Waals surface area contributed by atoms with Gasteiger partial charge in [-0.2, -0.15) is 18.4 Å². The predicted molar refractivity (Wildman–Crippen MR) is 67.3 cm³/mol. The van der Waals surface area contributed by atoms with Gasteiger partial charge in [0, 0.05) is 19.1 Å². The van der Waals surface area contributed by atoms with E-state index in [9.17, 15) is 13.2 Å². The molecule has 1 heterocycles. The molecule has 1 aliphatic heterocycles. The lowest BCUT2D eigenvalue weighted by Crippen LogP contribution is -2.49. The number of likely N-dealkylation sites (tertiary alicyclic amines) is 1. The number of nitrogens with zero attached hydrogens (tertiary/aromatic N) is 2. The minimum absolute atomic E-state index is 0.105. The highest BCUT2D eigenvalue weighted by atomic mass is 32.2.